The summed E-state index contributed by atoms with van der Waals surface area (Å²) in [5.41, 5.74) is -0.0420. The second-order valence-electron chi connectivity index (χ2n) is 5.95. The van der Waals surface area contributed by atoms with Crippen LogP contribution in [0.5, 0.6) is 0 Å². The molecular weight excluding hydrogens is 286 g/mol. The van der Waals surface area contributed by atoms with E-state index >= 15 is 0 Å². The molecule has 0 bridgehead atoms. The molecular formula is C16H23NO3S. The van der Waals surface area contributed by atoms with E-state index in [2.05, 4.69) is 5.32 Å². The zero-order valence-electron chi connectivity index (χ0n) is 12.8. The van der Waals surface area contributed by atoms with Gasteiger partial charge in [0.1, 0.15) is 0 Å². The van der Waals surface area contributed by atoms with E-state index in [4.69, 9.17) is 4.74 Å². The van der Waals surface area contributed by atoms with Crippen LogP contribution in [0.4, 0.5) is 4.79 Å². The molecule has 1 N–H and O–H groups in total. The highest BCUT2D eigenvalue weighted by atomic mass is 32.2. The van der Waals surface area contributed by atoms with E-state index in [0.29, 0.717) is 26.0 Å². The molecule has 0 aromatic heterocycles. The standard InChI is InChI=1S/C16H23NO3S/c1-16(2,3)12-20-15(19)17-11-7-10-14(18)21-13-8-5-4-6-9-13/h4-6,8-9H,7,10-12H2,1-3H3,(H,17,19). The number of nitrogens with one attached hydrogen (secondary N) is 1. The van der Waals surface area contributed by atoms with Crippen LogP contribution in [0.2, 0.25) is 0 Å². The second-order valence-corrected chi connectivity index (χ2v) is 7.09. The number of benzene rings is 1. The molecule has 0 fully saturated rings. The molecule has 21 heavy (non-hydrogen) atoms. The number of thioether (sulfide) groups is 1. The average molecular weight is 309 g/mol. The van der Waals surface area contributed by atoms with Crippen LogP contribution in [0.1, 0.15) is 33.6 Å². The lowest BCUT2D eigenvalue weighted by Gasteiger charge is -2.17. The smallest absolute Gasteiger partial charge is 0.407 e. The van der Waals surface area contributed by atoms with Crippen LogP contribution in [0.25, 0.3) is 0 Å². The Morgan fingerprint density at radius 2 is 1.86 bits per heavy atom. The summed E-state index contributed by atoms with van der Waals surface area (Å²) in [7, 11) is 0. The van der Waals surface area contributed by atoms with E-state index in [1.807, 2.05) is 51.1 Å². The quantitative estimate of drug-likeness (QED) is 0.640. The number of ether oxygens (including phenoxy) is 1. The number of carbonyl (C=O) groups is 2. The molecule has 1 aromatic rings. The maximum atomic E-state index is 11.7. The molecule has 0 aliphatic heterocycles. The minimum atomic E-state index is -0.423. The monoisotopic (exact) mass is 309 g/mol. The van der Waals surface area contributed by atoms with Gasteiger partial charge in [0.15, 0.2) is 5.12 Å². The normalized spacial score (nSPS) is 11.0. The Kier molecular flexibility index (Phi) is 7.29. The van der Waals surface area contributed by atoms with Gasteiger partial charge in [-0.3, -0.25) is 4.79 Å². The second kappa shape index (κ2) is 8.72. The van der Waals surface area contributed by atoms with Gasteiger partial charge in [0, 0.05) is 17.9 Å². The number of hydrogen-bond acceptors (Lipinski definition) is 4. The van der Waals surface area contributed by atoms with Gasteiger partial charge in [0.2, 0.25) is 0 Å². The third-order valence-electron chi connectivity index (χ3n) is 2.44. The molecule has 0 saturated carbocycles. The predicted molar refractivity (Wildman–Crippen MR) is 85.3 cm³/mol. The Balaban J connectivity index is 2.11. The number of alkyl carbamates (subject to hydrolysis) is 1. The summed E-state index contributed by atoms with van der Waals surface area (Å²) in [5, 5.41) is 2.75. The van der Waals surface area contributed by atoms with Crippen molar-refractivity contribution in [3.8, 4) is 0 Å². The van der Waals surface area contributed by atoms with Gasteiger partial charge in [-0.1, -0.05) is 50.7 Å². The van der Waals surface area contributed by atoms with Crippen molar-refractivity contribution in [2.75, 3.05) is 13.2 Å². The fourth-order valence-electron chi connectivity index (χ4n) is 1.43. The van der Waals surface area contributed by atoms with Gasteiger partial charge in [-0.05, 0) is 24.0 Å². The molecule has 1 rings (SSSR count). The van der Waals surface area contributed by atoms with Crippen LogP contribution >= 0.6 is 11.8 Å². The average Bonchev–Trinajstić information content (AvgIpc) is 2.42. The predicted octanol–water partition coefficient (Wildman–Crippen LogP) is 3.86. The molecule has 1 amide bonds. The molecule has 116 valence electrons. The molecule has 0 radical (unpaired) electrons. The first-order valence-electron chi connectivity index (χ1n) is 7.03. The molecule has 0 saturated heterocycles. The fraction of sp³-hybridized carbons (Fsp3) is 0.500. The molecule has 4 nitrogen and oxygen atoms in total. The van der Waals surface area contributed by atoms with Gasteiger partial charge in [-0.15, -0.1) is 0 Å². The Bertz CT molecular complexity index is 454. The Labute approximate surface area is 130 Å². The summed E-state index contributed by atoms with van der Waals surface area (Å²) in [6.45, 7) is 6.82. The Morgan fingerprint density at radius 1 is 1.19 bits per heavy atom. The maximum absolute atomic E-state index is 11.7. The van der Waals surface area contributed by atoms with E-state index in [1.165, 1.54) is 11.8 Å². The molecule has 0 heterocycles. The molecule has 1 aromatic carbocycles. The van der Waals surface area contributed by atoms with Crippen molar-refractivity contribution in [3.63, 3.8) is 0 Å². The van der Waals surface area contributed by atoms with E-state index < -0.39 is 6.09 Å². The van der Waals surface area contributed by atoms with Gasteiger partial charge in [0.05, 0.1) is 6.61 Å². The minimum absolute atomic E-state index is 0.0420. The van der Waals surface area contributed by atoms with Crippen LogP contribution in [-0.4, -0.2) is 24.4 Å². The Hall–Kier alpha value is -1.49. The third kappa shape index (κ3) is 9.13. The van der Waals surface area contributed by atoms with Crippen molar-refractivity contribution in [3.05, 3.63) is 30.3 Å². The molecule has 0 atom stereocenters. The molecule has 0 aliphatic carbocycles. The SMILES string of the molecule is CC(C)(C)COC(=O)NCCCC(=O)Sc1ccccc1. The number of hydrogen-bond donors (Lipinski definition) is 1. The first-order chi connectivity index (χ1) is 9.87. The molecule has 5 heteroatoms. The van der Waals surface area contributed by atoms with Crippen LogP contribution in [0.15, 0.2) is 35.2 Å². The summed E-state index contributed by atoms with van der Waals surface area (Å²) in [6, 6.07) is 9.54. The van der Waals surface area contributed by atoms with Crippen molar-refractivity contribution in [1.82, 2.24) is 5.32 Å². The lowest BCUT2D eigenvalue weighted by molar-refractivity contribution is -0.111. The zero-order valence-corrected chi connectivity index (χ0v) is 13.7. The molecule has 0 unspecified atom stereocenters. The number of rotatable bonds is 6. The minimum Gasteiger partial charge on any atom is -0.449 e. The summed E-state index contributed by atoms with van der Waals surface area (Å²) in [6.07, 6.45) is 0.621. The van der Waals surface area contributed by atoms with E-state index in [-0.39, 0.29) is 10.5 Å². The van der Waals surface area contributed by atoms with Gasteiger partial charge < -0.3 is 10.1 Å². The van der Waals surface area contributed by atoms with Crippen LogP contribution < -0.4 is 5.32 Å². The third-order valence-corrected chi connectivity index (χ3v) is 3.38. The Morgan fingerprint density at radius 3 is 2.48 bits per heavy atom. The summed E-state index contributed by atoms with van der Waals surface area (Å²) in [5.74, 6) is 0. The largest absolute Gasteiger partial charge is 0.449 e. The highest BCUT2D eigenvalue weighted by Crippen LogP contribution is 2.19. The van der Waals surface area contributed by atoms with Crippen LogP contribution in [0.3, 0.4) is 0 Å². The highest BCUT2D eigenvalue weighted by Gasteiger charge is 2.13. The van der Waals surface area contributed by atoms with Gasteiger partial charge in [-0.2, -0.15) is 0 Å². The lowest BCUT2D eigenvalue weighted by atomic mass is 9.99. The van der Waals surface area contributed by atoms with Crippen LogP contribution in [-0.2, 0) is 9.53 Å². The van der Waals surface area contributed by atoms with Crippen LogP contribution in [0, 0.1) is 5.41 Å². The first-order valence-corrected chi connectivity index (χ1v) is 7.85. The maximum Gasteiger partial charge on any atom is 0.407 e. The zero-order chi connectivity index (χ0) is 15.7. The molecule has 0 aliphatic rings. The highest BCUT2D eigenvalue weighted by molar-refractivity contribution is 8.13. The van der Waals surface area contributed by atoms with Crippen molar-refractivity contribution in [2.45, 2.75) is 38.5 Å². The van der Waals surface area contributed by atoms with Crippen molar-refractivity contribution < 1.29 is 14.3 Å². The van der Waals surface area contributed by atoms with Crippen molar-refractivity contribution in [2.24, 2.45) is 5.41 Å². The van der Waals surface area contributed by atoms with Crippen molar-refractivity contribution in [1.29, 1.82) is 0 Å². The van der Waals surface area contributed by atoms with E-state index in [9.17, 15) is 9.59 Å². The van der Waals surface area contributed by atoms with E-state index in [1.54, 1.807) is 0 Å². The molecule has 0 spiro atoms. The summed E-state index contributed by atoms with van der Waals surface area (Å²) < 4.78 is 5.07. The van der Waals surface area contributed by atoms with Crippen molar-refractivity contribution >= 4 is 23.0 Å². The number of amides is 1. The van der Waals surface area contributed by atoms with Gasteiger partial charge >= 0.3 is 6.09 Å². The number of carbonyl (C=O) groups excluding carboxylic acids is 2. The summed E-state index contributed by atoms with van der Waals surface area (Å²) >= 11 is 1.23. The van der Waals surface area contributed by atoms with Gasteiger partial charge in [-0.25, -0.2) is 4.79 Å². The van der Waals surface area contributed by atoms with E-state index in [0.717, 1.165) is 4.90 Å². The topological polar surface area (TPSA) is 55.4 Å². The fourth-order valence-corrected chi connectivity index (χ4v) is 2.23. The first kappa shape index (κ1) is 17.6. The lowest BCUT2D eigenvalue weighted by Crippen LogP contribution is -2.29. The van der Waals surface area contributed by atoms with Gasteiger partial charge in [0.25, 0.3) is 0 Å². The summed E-state index contributed by atoms with van der Waals surface area (Å²) in [4.78, 5) is 24.1.